The molecule has 0 saturated carbocycles. The van der Waals surface area contributed by atoms with Gasteiger partial charge in [-0.05, 0) is 0 Å². The van der Waals surface area contributed by atoms with E-state index in [1.54, 1.807) is 12.4 Å². The van der Waals surface area contributed by atoms with Crippen molar-refractivity contribution in [3.05, 3.63) is 35.9 Å². The van der Waals surface area contributed by atoms with Gasteiger partial charge in [0.05, 0.1) is 30.6 Å². The summed E-state index contributed by atoms with van der Waals surface area (Å²) in [7, 11) is 3.28. The number of fused-ring (bicyclic) bond motifs is 1. The Kier molecular flexibility index (Phi) is 3.50. The maximum absolute atomic E-state index is 13.8. The molecule has 0 aliphatic rings. The third-order valence-corrected chi connectivity index (χ3v) is 3.56. The van der Waals surface area contributed by atoms with Gasteiger partial charge in [0.25, 0.3) is 0 Å². The van der Waals surface area contributed by atoms with Crippen molar-refractivity contribution < 1.29 is 9.13 Å². The number of aromatic nitrogens is 5. The van der Waals surface area contributed by atoms with Gasteiger partial charge in [-0.3, -0.25) is 0 Å². The average molecular weight is 310 g/mol. The highest BCUT2D eigenvalue weighted by molar-refractivity contribution is 6.16. The predicted molar refractivity (Wildman–Crippen MR) is 75.9 cm³/mol. The van der Waals surface area contributed by atoms with Crippen LogP contribution in [0.4, 0.5) is 4.39 Å². The van der Waals surface area contributed by atoms with E-state index in [1.165, 1.54) is 13.2 Å². The van der Waals surface area contributed by atoms with E-state index >= 15 is 0 Å². The van der Waals surface area contributed by atoms with Gasteiger partial charge in [-0.1, -0.05) is 0 Å². The third-order valence-electron chi connectivity index (χ3n) is 3.33. The smallest absolute Gasteiger partial charge is 0.167 e. The van der Waals surface area contributed by atoms with Crippen molar-refractivity contribution in [3.63, 3.8) is 0 Å². The van der Waals surface area contributed by atoms with Crippen LogP contribution >= 0.6 is 11.6 Å². The van der Waals surface area contributed by atoms with Crippen LogP contribution in [0.2, 0.25) is 0 Å². The summed E-state index contributed by atoms with van der Waals surface area (Å²) in [5.41, 5.74) is 1.28. The topological polar surface area (TPSA) is 57.8 Å². The highest BCUT2D eigenvalue weighted by Crippen LogP contribution is 2.26. The van der Waals surface area contributed by atoms with E-state index < -0.39 is 5.82 Å². The SMILES string of the molecule is COc1cc2c(cc1F)nc(CCl)n2Cc1nncn1C. The number of hydrogen-bond acceptors (Lipinski definition) is 4. The Morgan fingerprint density at radius 2 is 2.14 bits per heavy atom. The molecule has 3 aromatic rings. The van der Waals surface area contributed by atoms with Crippen molar-refractivity contribution in [2.45, 2.75) is 12.4 Å². The molecule has 6 nitrogen and oxygen atoms in total. The fourth-order valence-electron chi connectivity index (χ4n) is 2.20. The molecule has 3 rings (SSSR count). The third kappa shape index (κ3) is 2.33. The predicted octanol–water partition coefficient (Wildman–Crippen LogP) is 2.10. The Hall–Kier alpha value is -2.15. The zero-order valence-corrected chi connectivity index (χ0v) is 12.3. The Morgan fingerprint density at radius 3 is 2.76 bits per heavy atom. The van der Waals surface area contributed by atoms with Crippen molar-refractivity contribution in [1.82, 2.24) is 24.3 Å². The number of hydrogen-bond donors (Lipinski definition) is 0. The van der Waals surface area contributed by atoms with E-state index in [1.807, 2.05) is 16.2 Å². The molecule has 21 heavy (non-hydrogen) atoms. The first kappa shape index (κ1) is 13.8. The van der Waals surface area contributed by atoms with Crippen molar-refractivity contribution in [2.24, 2.45) is 7.05 Å². The molecule has 0 aliphatic heterocycles. The summed E-state index contributed by atoms with van der Waals surface area (Å²) < 4.78 is 22.5. The lowest BCUT2D eigenvalue weighted by atomic mass is 10.3. The molecule has 0 amide bonds. The van der Waals surface area contributed by atoms with Gasteiger partial charge in [-0.15, -0.1) is 21.8 Å². The van der Waals surface area contributed by atoms with Gasteiger partial charge in [0.15, 0.2) is 17.4 Å². The fourth-order valence-corrected chi connectivity index (χ4v) is 2.41. The van der Waals surface area contributed by atoms with Gasteiger partial charge in [0, 0.05) is 19.2 Å². The van der Waals surface area contributed by atoms with Crippen LogP contribution in [0.25, 0.3) is 11.0 Å². The molecular formula is C13H13ClFN5O. The van der Waals surface area contributed by atoms with Gasteiger partial charge >= 0.3 is 0 Å². The van der Waals surface area contributed by atoms with Crippen LogP contribution in [0.15, 0.2) is 18.5 Å². The van der Waals surface area contributed by atoms with Crippen molar-refractivity contribution >= 4 is 22.6 Å². The van der Waals surface area contributed by atoms with Crippen LogP contribution in [0.1, 0.15) is 11.6 Å². The van der Waals surface area contributed by atoms with Crippen molar-refractivity contribution in [3.8, 4) is 5.75 Å². The normalized spacial score (nSPS) is 11.2. The maximum atomic E-state index is 13.8. The Morgan fingerprint density at radius 1 is 1.33 bits per heavy atom. The summed E-state index contributed by atoms with van der Waals surface area (Å²) >= 11 is 5.95. The molecule has 0 spiro atoms. The number of ether oxygens (including phenoxy) is 1. The number of benzene rings is 1. The van der Waals surface area contributed by atoms with Gasteiger partial charge in [-0.25, -0.2) is 9.37 Å². The van der Waals surface area contributed by atoms with Crippen molar-refractivity contribution in [1.29, 1.82) is 0 Å². The number of nitrogens with zero attached hydrogens (tertiary/aromatic N) is 5. The quantitative estimate of drug-likeness (QED) is 0.693. The van der Waals surface area contributed by atoms with E-state index in [-0.39, 0.29) is 11.6 Å². The second-order valence-corrected chi connectivity index (χ2v) is 4.85. The van der Waals surface area contributed by atoms with Crippen molar-refractivity contribution in [2.75, 3.05) is 7.11 Å². The molecule has 0 unspecified atom stereocenters. The molecular weight excluding hydrogens is 297 g/mol. The molecule has 0 fully saturated rings. The van der Waals surface area contributed by atoms with Crippen LogP contribution < -0.4 is 4.74 Å². The molecule has 0 aliphatic carbocycles. The number of rotatable bonds is 4. The highest BCUT2D eigenvalue weighted by Gasteiger charge is 2.15. The lowest BCUT2D eigenvalue weighted by molar-refractivity contribution is 0.387. The lowest BCUT2D eigenvalue weighted by Crippen LogP contribution is -2.08. The Labute approximate surface area is 125 Å². The standard InChI is InChI=1S/C13H13ClFN5O/c1-19-7-16-18-13(19)6-20-10-4-11(21-2)8(15)3-9(10)17-12(20)5-14/h3-4,7H,5-6H2,1-2H3. The molecule has 8 heteroatoms. The summed E-state index contributed by atoms with van der Waals surface area (Å²) in [6, 6.07) is 2.96. The second-order valence-electron chi connectivity index (χ2n) is 4.58. The second kappa shape index (κ2) is 5.33. The van der Waals surface area contributed by atoms with Crippen LogP contribution in [0.3, 0.4) is 0 Å². The number of aryl methyl sites for hydroxylation is 1. The zero-order valence-electron chi connectivity index (χ0n) is 11.5. The number of imidazole rings is 1. The molecule has 0 atom stereocenters. The molecule has 110 valence electrons. The Bertz CT molecular complexity index is 797. The summed E-state index contributed by atoms with van der Waals surface area (Å²) in [5, 5.41) is 7.90. The fraction of sp³-hybridized carbons (Fsp3) is 0.308. The first-order chi connectivity index (χ1) is 10.1. The van der Waals surface area contributed by atoms with E-state index in [0.717, 1.165) is 11.3 Å². The van der Waals surface area contributed by atoms with Gasteiger partial charge in [0.2, 0.25) is 0 Å². The molecule has 1 aromatic carbocycles. The van der Waals surface area contributed by atoms with E-state index in [4.69, 9.17) is 16.3 Å². The van der Waals surface area contributed by atoms with Gasteiger partial charge in [-0.2, -0.15) is 0 Å². The van der Waals surface area contributed by atoms with Crippen LogP contribution in [-0.4, -0.2) is 31.4 Å². The minimum Gasteiger partial charge on any atom is -0.494 e. The largest absolute Gasteiger partial charge is 0.494 e. The van der Waals surface area contributed by atoms with E-state index in [0.29, 0.717) is 17.9 Å². The molecule has 2 aromatic heterocycles. The summed E-state index contributed by atoms with van der Waals surface area (Å²) in [6.45, 7) is 0.448. The number of methoxy groups -OCH3 is 1. The minimum atomic E-state index is -0.450. The zero-order chi connectivity index (χ0) is 15.0. The summed E-state index contributed by atoms with van der Waals surface area (Å²) in [5.74, 6) is 1.33. The Balaban J connectivity index is 2.17. The van der Waals surface area contributed by atoms with Crippen LogP contribution in [0, 0.1) is 5.82 Å². The van der Waals surface area contributed by atoms with E-state index in [2.05, 4.69) is 15.2 Å². The molecule has 0 N–H and O–H groups in total. The molecule has 0 bridgehead atoms. The van der Waals surface area contributed by atoms with E-state index in [9.17, 15) is 4.39 Å². The minimum absolute atomic E-state index is 0.169. The number of halogens is 2. The highest BCUT2D eigenvalue weighted by atomic mass is 35.5. The molecule has 0 saturated heterocycles. The maximum Gasteiger partial charge on any atom is 0.167 e. The molecule has 2 heterocycles. The molecule has 0 radical (unpaired) electrons. The average Bonchev–Trinajstić information content (AvgIpc) is 3.02. The lowest BCUT2D eigenvalue weighted by Gasteiger charge is -2.08. The van der Waals surface area contributed by atoms with Crippen LogP contribution in [-0.2, 0) is 19.5 Å². The monoisotopic (exact) mass is 309 g/mol. The van der Waals surface area contributed by atoms with Crippen LogP contribution in [0.5, 0.6) is 5.75 Å². The van der Waals surface area contributed by atoms with Gasteiger partial charge < -0.3 is 13.9 Å². The first-order valence-electron chi connectivity index (χ1n) is 6.25. The van der Waals surface area contributed by atoms with Gasteiger partial charge in [0.1, 0.15) is 12.2 Å². The first-order valence-corrected chi connectivity index (χ1v) is 6.79. The summed E-state index contributed by atoms with van der Waals surface area (Å²) in [6.07, 6.45) is 1.62. The summed E-state index contributed by atoms with van der Waals surface area (Å²) in [4.78, 5) is 4.36. The number of alkyl halides is 1.